The van der Waals surface area contributed by atoms with Gasteiger partial charge in [-0.25, -0.2) is 0 Å². The van der Waals surface area contributed by atoms with E-state index in [1.807, 2.05) is 18.2 Å². The highest BCUT2D eigenvalue weighted by molar-refractivity contribution is 6.17. The van der Waals surface area contributed by atoms with Gasteiger partial charge in [-0.3, -0.25) is 4.79 Å². The Morgan fingerprint density at radius 3 is 2.89 bits per heavy atom. The van der Waals surface area contributed by atoms with Gasteiger partial charge in [0.2, 0.25) is 0 Å². The summed E-state index contributed by atoms with van der Waals surface area (Å²) in [6.07, 6.45) is 1.59. The van der Waals surface area contributed by atoms with Crippen molar-refractivity contribution in [3.05, 3.63) is 59.4 Å². The summed E-state index contributed by atoms with van der Waals surface area (Å²) < 4.78 is 0. The number of carbonyl (C=O) groups is 1. The molecule has 1 aromatic carbocycles. The zero-order valence-corrected chi connectivity index (χ0v) is 10.4. The summed E-state index contributed by atoms with van der Waals surface area (Å²) in [5, 5.41) is 10.4. The highest BCUT2D eigenvalue weighted by atomic mass is 35.5. The van der Waals surface area contributed by atoms with Gasteiger partial charge in [0.05, 0.1) is 12.2 Å². The van der Waals surface area contributed by atoms with Crippen LogP contribution in [0.25, 0.3) is 0 Å². The van der Waals surface area contributed by atoms with Gasteiger partial charge in [-0.2, -0.15) is 10.2 Å². The molecule has 1 amide bonds. The molecule has 0 saturated heterocycles. The van der Waals surface area contributed by atoms with E-state index in [-0.39, 0.29) is 5.91 Å². The molecule has 0 spiro atoms. The zero-order valence-electron chi connectivity index (χ0n) is 9.64. The van der Waals surface area contributed by atoms with Crippen LogP contribution in [0.2, 0.25) is 0 Å². The molecule has 2 aromatic rings. The minimum absolute atomic E-state index is 0.146. The van der Waals surface area contributed by atoms with Crippen molar-refractivity contribution in [1.29, 1.82) is 0 Å². The molecule has 0 aliphatic carbocycles. The van der Waals surface area contributed by atoms with Crippen LogP contribution in [-0.2, 0) is 12.4 Å². The molecule has 0 bridgehead atoms. The molecule has 4 nitrogen and oxygen atoms in total. The first kappa shape index (κ1) is 12.5. The molecule has 5 heteroatoms. The van der Waals surface area contributed by atoms with E-state index < -0.39 is 0 Å². The van der Waals surface area contributed by atoms with Crippen LogP contribution in [0.4, 0.5) is 0 Å². The predicted octanol–water partition coefficient (Wildman–Crippen LogP) is 2.15. The normalized spacial score (nSPS) is 10.1. The summed E-state index contributed by atoms with van der Waals surface area (Å²) in [6.45, 7) is 0.359. The van der Waals surface area contributed by atoms with E-state index in [4.69, 9.17) is 11.6 Å². The molecule has 1 N–H and O–H groups in total. The Bertz CT molecular complexity index is 531. The number of amides is 1. The van der Waals surface area contributed by atoms with E-state index in [9.17, 15) is 4.79 Å². The third kappa shape index (κ3) is 3.28. The third-order valence-corrected chi connectivity index (χ3v) is 2.71. The monoisotopic (exact) mass is 261 g/mol. The summed E-state index contributed by atoms with van der Waals surface area (Å²) in [4.78, 5) is 11.9. The molecule has 2 rings (SSSR count). The first-order valence-electron chi connectivity index (χ1n) is 5.49. The van der Waals surface area contributed by atoms with Crippen LogP contribution in [-0.4, -0.2) is 16.1 Å². The quantitative estimate of drug-likeness (QED) is 0.858. The van der Waals surface area contributed by atoms with Gasteiger partial charge in [0.25, 0.3) is 5.91 Å². The van der Waals surface area contributed by atoms with Crippen LogP contribution in [0.1, 0.15) is 21.6 Å². The van der Waals surface area contributed by atoms with Crippen LogP contribution < -0.4 is 5.32 Å². The number of nitrogens with one attached hydrogen (secondary N) is 1. The van der Waals surface area contributed by atoms with Crippen molar-refractivity contribution in [3.63, 3.8) is 0 Å². The van der Waals surface area contributed by atoms with Crippen molar-refractivity contribution in [2.75, 3.05) is 0 Å². The molecular weight excluding hydrogens is 250 g/mol. The summed E-state index contributed by atoms with van der Waals surface area (Å²) in [5.41, 5.74) is 2.24. The highest BCUT2D eigenvalue weighted by Crippen LogP contribution is 2.07. The van der Waals surface area contributed by atoms with E-state index in [1.54, 1.807) is 24.4 Å². The lowest BCUT2D eigenvalue weighted by Gasteiger charge is -2.05. The fourth-order valence-electron chi connectivity index (χ4n) is 1.50. The minimum atomic E-state index is -0.146. The number of alkyl halides is 1. The van der Waals surface area contributed by atoms with E-state index in [0.717, 1.165) is 11.3 Å². The molecule has 92 valence electrons. The second-order valence-electron chi connectivity index (χ2n) is 3.73. The second kappa shape index (κ2) is 6.12. The molecule has 1 heterocycles. The van der Waals surface area contributed by atoms with Crippen LogP contribution in [0.15, 0.2) is 42.6 Å². The minimum Gasteiger partial charge on any atom is -0.346 e. The number of hydrogen-bond acceptors (Lipinski definition) is 3. The molecule has 0 atom stereocenters. The number of halogens is 1. The molecule has 0 saturated carbocycles. The van der Waals surface area contributed by atoms with Gasteiger partial charge in [0.15, 0.2) is 0 Å². The Morgan fingerprint density at radius 1 is 1.28 bits per heavy atom. The number of nitrogens with zero attached hydrogens (tertiary/aromatic N) is 2. The summed E-state index contributed by atoms with van der Waals surface area (Å²) in [7, 11) is 0. The Morgan fingerprint density at radius 2 is 2.17 bits per heavy atom. The predicted molar refractivity (Wildman–Crippen MR) is 69.2 cm³/mol. The summed E-state index contributed by atoms with van der Waals surface area (Å²) in [5.74, 6) is 0.248. The van der Waals surface area contributed by atoms with Crippen molar-refractivity contribution in [2.24, 2.45) is 0 Å². The van der Waals surface area contributed by atoms with Gasteiger partial charge in [-0.05, 0) is 29.8 Å². The van der Waals surface area contributed by atoms with Gasteiger partial charge in [-0.1, -0.05) is 12.1 Å². The lowest BCUT2D eigenvalue weighted by molar-refractivity contribution is 0.0950. The second-order valence-corrected chi connectivity index (χ2v) is 4.00. The average Bonchev–Trinajstić information content (AvgIpc) is 2.46. The van der Waals surface area contributed by atoms with E-state index in [1.165, 1.54) is 0 Å². The van der Waals surface area contributed by atoms with Crippen molar-refractivity contribution in [2.45, 2.75) is 12.4 Å². The Kier molecular flexibility index (Phi) is 4.25. The first-order valence-corrected chi connectivity index (χ1v) is 6.03. The number of aromatic nitrogens is 2. The third-order valence-electron chi connectivity index (χ3n) is 2.40. The lowest BCUT2D eigenvalue weighted by atomic mass is 10.1. The zero-order chi connectivity index (χ0) is 12.8. The van der Waals surface area contributed by atoms with Crippen molar-refractivity contribution in [3.8, 4) is 0 Å². The van der Waals surface area contributed by atoms with Crippen LogP contribution in [0.5, 0.6) is 0 Å². The van der Waals surface area contributed by atoms with Gasteiger partial charge >= 0.3 is 0 Å². The van der Waals surface area contributed by atoms with E-state index >= 15 is 0 Å². The highest BCUT2D eigenvalue weighted by Gasteiger charge is 2.06. The molecule has 1 aromatic heterocycles. The SMILES string of the molecule is O=C(NCc1cccnn1)c1cccc(CCl)c1. The largest absolute Gasteiger partial charge is 0.346 e. The van der Waals surface area contributed by atoms with Gasteiger partial charge < -0.3 is 5.32 Å². The standard InChI is InChI=1S/C13H12ClN3O/c14-8-10-3-1-4-11(7-10)13(18)15-9-12-5-2-6-16-17-12/h1-7H,8-9H2,(H,15,18). The molecular formula is C13H12ClN3O. The first-order chi connectivity index (χ1) is 8.79. The number of rotatable bonds is 4. The van der Waals surface area contributed by atoms with Crippen LogP contribution in [0.3, 0.4) is 0 Å². The number of benzene rings is 1. The van der Waals surface area contributed by atoms with Crippen molar-refractivity contribution < 1.29 is 4.79 Å². The topological polar surface area (TPSA) is 54.9 Å². The van der Waals surface area contributed by atoms with Crippen molar-refractivity contribution >= 4 is 17.5 Å². The molecule has 0 radical (unpaired) electrons. The smallest absolute Gasteiger partial charge is 0.251 e. The maximum atomic E-state index is 11.9. The molecule has 0 aliphatic heterocycles. The summed E-state index contributed by atoms with van der Waals surface area (Å²) in [6, 6.07) is 10.8. The molecule has 18 heavy (non-hydrogen) atoms. The van der Waals surface area contributed by atoms with Gasteiger partial charge in [-0.15, -0.1) is 11.6 Å². The molecule has 0 unspecified atom stereocenters. The Hall–Kier alpha value is -1.94. The van der Waals surface area contributed by atoms with Crippen LogP contribution in [0, 0.1) is 0 Å². The fourth-order valence-corrected chi connectivity index (χ4v) is 1.66. The van der Waals surface area contributed by atoms with Crippen LogP contribution >= 0.6 is 11.6 Å². The molecule has 0 fully saturated rings. The number of hydrogen-bond donors (Lipinski definition) is 1. The van der Waals surface area contributed by atoms with E-state index in [2.05, 4.69) is 15.5 Å². The van der Waals surface area contributed by atoms with Gasteiger partial charge in [0.1, 0.15) is 0 Å². The van der Waals surface area contributed by atoms with Crippen molar-refractivity contribution in [1.82, 2.24) is 15.5 Å². The fraction of sp³-hybridized carbons (Fsp3) is 0.154. The maximum Gasteiger partial charge on any atom is 0.251 e. The average molecular weight is 262 g/mol. The molecule has 0 aliphatic rings. The number of carbonyl (C=O) groups excluding carboxylic acids is 1. The van der Waals surface area contributed by atoms with E-state index in [0.29, 0.717) is 18.0 Å². The maximum absolute atomic E-state index is 11.9. The van der Waals surface area contributed by atoms with Gasteiger partial charge in [0, 0.05) is 17.6 Å². The summed E-state index contributed by atoms with van der Waals surface area (Å²) >= 11 is 5.73. The lowest BCUT2D eigenvalue weighted by Crippen LogP contribution is -2.23. The Labute approximate surface area is 110 Å². The Balaban J connectivity index is 1.99.